The van der Waals surface area contributed by atoms with Crippen LogP contribution in [0.4, 0.5) is 0 Å². The van der Waals surface area contributed by atoms with Gasteiger partial charge in [0.25, 0.3) is 0 Å². The zero-order chi connectivity index (χ0) is 13.8. The Labute approximate surface area is 121 Å². The minimum absolute atomic E-state index is 0.841. The first-order valence-corrected chi connectivity index (χ1v) is 7.54. The minimum Gasteiger partial charge on any atom is -0.312 e. The highest BCUT2D eigenvalue weighted by Gasteiger charge is 2.15. The van der Waals surface area contributed by atoms with Crippen LogP contribution in [0, 0.1) is 5.92 Å². The lowest BCUT2D eigenvalue weighted by Crippen LogP contribution is -2.34. The Balaban J connectivity index is 1.52. The molecule has 1 aliphatic rings. The van der Waals surface area contributed by atoms with Gasteiger partial charge in [-0.25, -0.2) is 0 Å². The molecular formula is C17H23N3. The first kappa shape index (κ1) is 13.5. The van der Waals surface area contributed by atoms with Gasteiger partial charge in [0.1, 0.15) is 0 Å². The highest BCUT2D eigenvalue weighted by molar-refractivity contribution is 5.78. The average molecular weight is 269 g/mol. The van der Waals surface area contributed by atoms with Crippen molar-refractivity contribution in [2.45, 2.75) is 19.4 Å². The molecule has 0 amide bonds. The minimum atomic E-state index is 0.841. The van der Waals surface area contributed by atoms with Crippen LogP contribution in [0.1, 0.15) is 18.4 Å². The number of rotatable bonds is 4. The highest BCUT2D eigenvalue weighted by Crippen LogP contribution is 2.16. The predicted molar refractivity (Wildman–Crippen MR) is 83.7 cm³/mol. The van der Waals surface area contributed by atoms with Gasteiger partial charge in [0.05, 0.1) is 5.52 Å². The molecular weight excluding hydrogens is 246 g/mol. The summed E-state index contributed by atoms with van der Waals surface area (Å²) < 4.78 is 0. The summed E-state index contributed by atoms with van der Waals surface area (Å²) in [4.78, 5) is 6.78. The Morgan fingerprint density at radius 3 is 2.95 bits per heavy atom. The van der Waals surface area contributed by atoms with Crippen molar-refractivity contribution in [1.82, 2.24) is 15.2 Å². The maximum absolute atomic E-state index is 4.36. The second-order valence-electron chi connectivity index (χ2n) is 5.91. The number of likely N-dealkylation sites (tertiary alicyclic amines) is 1. The van der Waals surface area contributed by atoms with E-state index in [1.54, 1.807) is 0 Å². The molecule has 0 unspecified atom stereocenters. The topological polar surface area (TPSA) is 28.2 Å². The van der Waals surface area contributed by atoms with Gasteiger partial charge in [-0.1, -0.05) is 12.1 Å². The van der Waals surface area contributed by atoms with Gasteiger partial charge >= 0.3 is 0 Å². The van der Waals surface area contributed by atoms with Gasteiger partial charge in [-0.05, 0) is 69.2 Å². The summed E-state index contributed by atoms with van der Waals surface area (Å²) in [6, 6.07) is 10.7. The Morgan fingerprint density at radius 1 is 1.25 bits per heavy atom. The van der Waals surface area contributed by atoms with Crippen LogP contribution in [-0.4, -0.2) is 36.6 Å². The predicted octanol–water partition coefficient (Wildman–Crippen LogP) is 2.67. The quantitative estimate of drug-likeness (QED) is 0.925. The number of piperidine rings is 1. The summed E-state index contributed by atoms with van der Waals surface area (Å²) >= 11 is 0. The van der Waals surface area contributed by atoms with Crippen molar-refractivity contribution in [3.63, 3.8) is 0 Å². The molecule has 0 aliphatic carbocycles. The van der Waals surface area contributed by atoms with Crippen molar-refractivity contribution >= 4 is 10.9 Å². The van der Waals surface area contributed by atoms with E-state index in [2.05, 4.69) is 46.5 Å². The van der Waals surface area contributed by atoms with E-state index in [-0.39, 0.29) is 0 Å². The molecule has 0 bridgehead atoms. The number of aromatic nitrogens is 1. The van der Waals surface area contributed by atoms with E-state index in [1.807, 2.05) is 12.3 Å². The number of hydrogen-bond donors (Lipinski definition) is 1. The second kappa shape index (κ2) is 6.33. The van der Waals surface area contributed by atoms with Crippen molar-refractivity contribution < 1.29 is 0 Å². The molecule has 1 aromatic heterocycles. The zero-order valence-corrected chi connectivity index (χ0v) is 12.2. The largest absolute Gasteiger partial charge is 0.312 e. The van der Waals surface area contributed by atoms with Gasteiger partial charge in [0.2, 0.25) is 0 Å². The van der Waals surface area contributed by atoms with Gasteiger partial charge < -0.3 is 10.2 Å². The third-order valence-corrected chi connectivity index (χ3v) is 4.27. The molecule has 0 atom stereocenters. The SMILES string of the molecule is CN1CCC(CNCc2ccc3ncccc3c2)CC1. The molecule has 3 rings (SSSR count). The maximum Gasteiger partial charge on any atom is 0.0702 e. The smallest absolute Gasteiger partial charge is 0.0702 e. The molecule has 2 aromatic rings. The average Bonchev–Trinajstić information content (AvgIpc) is 2.49. The summed E-state index contributed by atoms with van der Waals surface area (Å²) in [5.74, 6) is 0.841. The molecule has 106 valence electrons. The van der Waals surface area contributed by atoms with Gasteiger partial charge in [0, 0.05) is 18.1 Å². The van der Waals surface area contributed by atoms with Crippen LogP contribution in [0.25, 0.3) is 10.9 Å². The zero-order valence-electron chi connectivity index (χ0n) is 12.2. The lowest BCUT2D eigenvalue weighted by Gasteiger charge is -2.29. The van der Waals surface area contributed by atoms with E-state index in [0.29, 0.717) is 0 Å². The van der Waals surface area contributed by atoms with Gasteiger partial charge in [-0.2, -0.15) is 0 Å². The van der Waals surface area contributed by atoms with Gasteiger partial charge in [-0.3, -0.25) is 4.98 Å². The van der Waals surface area contributed by atoms with Crippen LogP contribution in [0.15, 0.2) is 36.5 Å². The molecule has 0 saturated carbocycles. The number of nitrogens with one attached hydrogen (secondary N) is 1. The Bertz CT molecular complexity index is 559. The molecule has 3 nitrogen and oxygen atoms in total. The van der Waals surface area contributed by atoms with Crippen molar-refractivity contribution in [1.29, 1.82) is 0 Å². The monoisotopic (exact) mass is 269 g/mol. The second-order valence-corrected chi connectivity index (χ2v) is 5.91. The molecule has 3 heteroatoms. The summed E-state index contributed by atoms with van der Waals surface area (Å²) in [6.07, 6.45) is 4.50. The molecule has 1 aliphatic heterocycles. The molecule has 1 aromatic carbocycles. The summed E-state index contributed by atoms with van der Waals surface area (Å²) in [5.41, 5.74) is 2.42. The molecule has 1 saturated heterocycles. The molecule has 1 fully saturated rings. The standard InChI is InChI=1S/C17H23N3/c1-20-9-6-14(7-10-20)12-18-13-15-4-5-17-16(11-15)3-2-8-19-17/h2-5,8,11,14,18H,6-7,9-10,12-13H2,1H3. The fraction of sp³-hybridized carbons (Fsp3) is 0.471. The fourth-order valence-corrected chi connectivity index (χ4v) is 2.92. The van der Waals surface area contributed by atoms with Crippen LogP contribution in [-0.2, 0) is 6.54 Å². The Morgan fingerprint density at radius 2 is 2.10 bits per heavy atom. The third-order valence-electron chi connectivity index (χ3n) is 4.27. The van der Waals surface area contributed by atoms with E-state index in [1.165, 1.54) is 36.9 Å². The number of nitrogens with zero attached hydrogens (tertiary/aromatic N) is 2. The first-order valence-electron chi connectivity index (χ1n) is 7.54. The van der Waals surface area contributed by atoms with Crippen LogP contribution in [0.5, 0.6) is 0 Å². The van der Waals surface area contributed by atoms with E-state index in [0.717, 1.165) is 24.5 Å². The molecule has 2 heterocycles. The molecule has 0 radical (unpaired) electrons. The number of pyridine rings is 1. The van der Waals surface area contributed by atoms with Crippen molar-refractivity contribution in [3.05, 3.63) is 42.1 Å². The summed E-state index contributed by atoms with van der Waals surface area (Å²) in [7, 11) is 2.22. The van der Waals surface area contributed by atoms with Crippen molar-refractivity contribution in [3.8, 4) is 0 Å². The van der Waals surface area contributed by atoms with Crippen molar-refractivity contribution in [2.75, 3.05) is 26.7 Å². The summed E-state index contributed by atoms with van der Waals surface area (Å²) in [5, 5.41) is 4.84. The molecule has 20 heavy (non-hydrogen) atoms. The Kier molecular flexibility index (Phi) is 4.28. The highest BCUT2D eigenvalue weighted by atomic mass is 15.1. The van der Waals surface area contributed by atoms with Gasteiger partial charge in [-0.15, -0.1) is 0 Å². The first-order chi connectivity index (χ1) is 9.81. The lowest BCUT2D eigenvalue weighted by molar-refractivity contribution is 0.216. The van der Waals surface area contributed by atoms with Crippen molar-refractivity contribution in [2.24, 2.45) is 5.92 Å². The van der Waals surface area contributed by atoms with Crippen LogP contribution >= 0.6 is 0 Å². The van der Waals surface area contributed by atoms with E-state index in [9.17, 15) is 0 Å². The van der Waals surface area contributed by atoms with E-state index in [4.69, 9.17) is 0 Å². The normalized spacial score (nSPS) is 17.6. The van der Waals surface area contributed by atoms with E-state index >= 15 is 0 Å². The fourth-order valence-electron chi connectivity index (χ4n) is 2.92. The van der Waals surface area contributed by atoms with Crippen LogP contribution in [0.3, 0.4) is 0 Å². The Hall–Kier alpha value is -1.45. The van der Waals surface area contributed by atoms with E-state index < -0.39 is 0 Å². The third kappa shape index (κ3) is 3.35. The maximum atomic E-state index is 4.36. The lowest BCUT2D eigenvalue weighted by atomic mass is 9.97. The number of hydrogen-bond acceptors (Lipinski definition) is 3. The molecule has 0 spiro atoms. The summed E-state index contributed by atoms with van der Waals surface area (Å²) in [6.45, 7) is 4.58. The van der Waals surface area contributed by atoms with Crippen LogP contribution < -0.4 is 5.32 Å². The number of benzene rings is 1. The van der Waals surface area contributed by atoms with Gasteiger partial charge in [0.15, 0.2) is 0 Å². The van der Waals surface area contributed by atoms with Crippen LogP contribution in [0.2, 0.25) is 0 Å². The number of fused-ring (bicyclic) bond motifs is 1. The molecule has 1 N–H and O–H groups in total.